The van der Waals surface area contributed by atoms with Crippen LogP contribution in [0.2, 0.25) is 0 Å². The van der Waals surface area contributed by atoms with E-state index in [1.807, 2.05) is 4.68 Å². The Morgan fingerprint density at radius 2 is 2.08 bits per heavy atom. The molecule has 0 bridgehead atoms. The first-order chi connectivity index (χ1) is 5.34. The van der Waals surface area contributed by atoms with Gasteiger partial charge in [0, 0.05) is 12.6 Å². The van der Waals surface area contributed by atoms with E-state index in [2.05, 4.69) is 10.1 Å². The van der Waals surface area contributed by atoms with E-state index < -0.39 is 0 Å². The molecule has 0 unspecified atom stereocenters. The first kappa shape index (κ1) is 12.7. The third kappa shape index (κ3) is 3.14. The fraction of sp³-hybridized carbons (Fsp3) is 0.714. The molecule has 0 aliphatic heterocycles. The van der Waals surface area contributed by atoms with Crippen molar-refractivity contribution in [1.29, 1.82) is 0 Å². The van der Waals surface area contributed by atoms with Crippen molar-refractivity contribution in [3.05, 3.63) is 12.7 Å². The molecule has 76 valence electrons. The summed E-state index contributed by atoms with van der Waals surface area (Å²) in [4.78, 5) is 3.87. The lowest BCUT2D eigenvalue weighted by molar-refractivity contribution is 0.227. The van der Waals surface area contributed by atoms with Gasteiger partial charge in [-0.1, -0.05) is 0 Å². The van der Waals surface area contributed by atoms with Crippen molar-refractivity contribution in [3.8, 4) is 0 Å². The summed E-state index contributed by atoms with van der Waals surface area (Å²) in [5, 5.41) is 4.03. The third-order valence-electron chi connectivity index (χ3n) is 2.18. The maximum absolute atomic E-state index is 5.65. The average Bonchev–Trinajstić information content (AvgIpc) is 2.36. The molecule has 13 heavy (non-hydrogen) atoms. The number of aromatic nitrogens is 3. The zero-order valence-corrected chi connectivity index (χ0v) is 8.80. The highest BCUT2D eigenvalue weighted by atomic mass is 35.5. The Morgan fingerprint density at radius 1 is 1.38 bits per heavy atom. The third-order valence-corrected chi connectivity index (χ3v) is 2.18. The molecule has 1 aliphatic rings. The van der Waals surface area contributed by atoms with E-state index in [1.165, 1.54) is 0 Å². The molecule has 1 aliphatic carbocycles. The van der Waals surface area contributed by atoms with Crippen LogP contribution in [0.5, 0.6) is 0 Å². The summed E-state index contributed by atoms with van der Waals surface area (Å²) in [5.41, 5.74) is 5.65. The molecule has 0 amide bonds. The Kier molecular flexibility index (Phi) is 5.29. The molecule has 2 N–H and O–H groups in total. The van der Waals surface area contributed by atoms with Crippen molar-refractivity contribution in [2.24, 2.45) is 11.7 Å². The summed E-state index contributed by atoms with van der Waals surface area (Å²) in [6.45, 7) is 0.980. The fourth-order valence-electron chi connectivity index (χ4n) is 1.53. The first-order valence-corrected chi connectivity index (χ1v) is 3.92. The van der Waals surface area contributed by atoms with E-state index in [-0.39, 0.29) is 24.8 Å². The molecule has 4 nitrogen and oxygen atoms in total. The highest BCUT2D eigenvalue weighted by molar-refractivity contribution is 5.85. The standard InChI is InChI=1S/C7H12N4.2ClH/c8-7-1-6(2-7)3-11-5-9-4-10-11;;/h4-7H,1-3,8H2;2*1H. The molecule has 1 aromatic rings. The molecule has 0 spiro atoms. The van der Waals surface area contributed by atoms with Crippen LogP contribution in [0.4, 0.5) is 0 Å². The van der Waals surface area contributed by atoms with Crippen molar-refractivity contribution in [1.82, 2.24) is 14.8 Å². The van der Waals surface area contributed by atoms with Gasteiger partial charge < -0.3 is 5.73 Å². The topological polar surface area (TPSA) is 56.7 Å². The SMILES string of the molecule is Cl.Cl.NC1CC(Cn2cncn2)C1. The van der Waals surface area contributed by atoms with E-state index in [4.69, 9.17) is 5.73 Å². The van der Waals surface area contributed by atoms with Gasteiger partial charge in [-0.15, -0.1) is 24.8 Å². The minimum Gasteiger partial charge on any atom is -0.328 e. The van der Waals surface area contributed by atoms with Crippen molar-refractivity contribution in [2.45, 2.75) is 25.4 Å². The second-order valence-corrected chi connectivity index (χ2v) is 3.22. The summed E-state index contributed by atoms with van der Waals surface area (Å²) in [6.07, 6.45) is 5.60. The van der Waals surface area contributed by atoms with Crippen molar-refractivity contribution < 1.29 is 0 Å². The summed E-state index contributed by atoms with van der Waals surface area (Å²) >= 11 is 0. The maximum Gasteiger partial charge on any atom is 0.137 e. The molecule has 0 atom stereocenters. The molecule has 0 aromatic carbocycles. The van der Waals surface area contributed by atoms with Crippen LogP contribution < -0.4 is 5.73 Å². The van der Waals surface area contributed by atoms with Gasteiger partial charge in [-0.25, -0.2) is 4.98 Å². The van der Waals surface area contributed by atoms with Gasteiger partial charge >= 0.3 is 0 Å². The minimum atomic E-state index is 0. The van der Waals surface area contributed by atoms with Crippen molar-refractivity contribution >= 4 is 24.8 Å². The van der Waals surface area contributed by atoms with E-state index in [0.717, 1.165) is 25.3 Å². The second-order valence-electron chi connectivity index (χ2n) is 3.22. The number of hydrogen-bond acceptors (Lipinski definition) is 3. The lowest BCUT2D eigenvalue weighted by Gasteiger charge is -2.31. The molecule has 1 heterocycles. The summed E-state index contributed by atoms with van der Waals surface area (Å²) in [7, 11) is 0. The highest BCUT2D eigenvalue weighted by Crippen LogP contribution is 2.26. The molecule has 0 saturated heterocycles. The zero-order valence-electron chi connectivity index (χ0n) is 7.17. The number of halogens is 2. The van der Waals surface area contributed by atoms with Gasteiger partial charge in [0.15, 0.2) is 0 Å². The van der Waals surface area contributed by atoms with Gasteiger partial charge in [-0.2, -0.15) is 5.10 Å². The number of hydrogen-bond donors (Lipinski definition) is 1. The Hall–Kier alpha value is -0.320. The van der Waals surface area contributed by atoms with Gasteiger partial charge in [-0.3, -0.25) is 4.68 Å². The van der Waals surface area contributed by atoms with E-state index >= 15 is 0 Å². The largest absolute Gasteiger partial charge is 0.328 e. The van der Waals surface area contributed by atoms with Crippen LogP contribution in [0.1, 0.15) is 12.8 Å². The molecular formula is C7H14Cl2N4. The van der Waals surface area contributed by atoms with Crippen molar-refractivity contribution in [2.75, 3.05) is 0 Å². The molecule has 2 rings (SSSR count). The number of nitrogens with zero attached hydrogens (tertiary/aromatic N) is 3. The van der Waals surface area contributed by atoms with Crippen LogP contribution >= 0.6 is 24.8 Å². The molecular weight excluding hydrogens is 211 g/mol. The molecule has 1 aromatic heterocycles. The van der Waals surface area contributed by atoms with Gasteiger partial charge in [0.1, 0.15) is 12.7 Å². The predicted octanol–water partition coefficient (Wildman–Crippen LogP) is 0.859. The number of rotatable bonds is 2. The fourth-order valence-corrected chi connectivity index (χ4v) is 1.53. The lowest BCUT2D eigenvalue weighted by Crippen LogP contribution is -2.38. The van der Waals surface area contributed by atoms with Gasteiger partial charge in [0.2, 0.25) is 0 Å². The van der Waals surface area contributed by atoms with Crippen LogP contribution in [0, 0.1) is 5.92 Å². The highest BCUT2D eigenvalue weighted by Gasteiger charge is 2.25. The number of nitrogens with two attached hydrogens (primary N) is 1. The Bertz CT molecular complexity index is 220. The van der Waals surface area contributed by atoms with Gasteiger partial charge in [0.05, 0.1) is 0 Å². The summed E-state index contributed by atoms with van der Waals surface area (Å²) in [6, 6.07) is 0.434. The van der Waals surface area contributed by atoms with Crippen LogP contribution in [-0.4, -0.2) is 20.8 Å². The molecule has 6 heteroatoms. The molecule has 1 fully saturated rings. The monoisotopic (exact) mass is 224 g/mol. The Balaban J connectivity index is 0.000000720. The van der Waals surface area contributed by atoms with Crippen LogP contribution in [0.3, 0.4) is 0 Å². The van der Waals surface area contributed by atoms with Gasteiger partial charge in [-0.05, 0) is 18.8 Å². The molecule has 0 radical (unpaired) electrons. The smallest absolute Gasteiger partial charge is 0.137 e. The quantitative estimate of drug-likeness (QED) is 0.812. The summed E-state index contributed by atoms with van der Waals surface area (Å²) < 4.78 is 1.87. The average molecular weight is 225 g/mol. The Labute approximate surface area is 89.7 Å². The second kappa shape index (κ2) is 5.42. The lowest BCUT2D eigenvalue weighted by atomic mass is 9.81. The van der Waals surface area contributed by atoms with E-state index in [9.17, 15) is 0 Å². The van der Waals surface area contributed by atoms with E-state index in [0.29, 0.717) is 6.04 Å². The predicted molar refractivity (Wildman–Crippen MR) is 55.2 cm³/mol. The van der Waals surface area contributed by atoms with E-state index in [1.54, 1.807) is 12.7 Å². The molecule has 1 saturated carbocycles. The Morgan fingerprint density at radius 3 is 2.54 bits per heavy atom. The van der Waals surface area contributed by atoms with Crippen LogP contribution in [0.15, 0.2) is 12.7 Å². The van der Waals surface area contributed by atoms with Crippen molar-refractivity contribution in [3.63, 3.8) is 0 Å². The summed E-state index contributed by atoms with van der Waals surface area (Å²) in [5.74, 6) is 0.728. The maximum atomic E-state index is 5.65. The van der Waals surface area contributed by atoms with Crippen LogP contribution in [0.25, 0.3) is 0 Å². The minimum absolute atomic E-state index is 0. The normalized spacial score (nSPS) is 25.3. The zero-order chi connectivity index (χ0) is 7.68. The van der Waals surface area contributed by atoms with Crippen LogP contribution in [-0.2, 0) is 6.54 Å². The van der Waals surface area contributed by atoms with Gasteiger partial charge in [0.25, 0.3) is 0 Å². The first-order valence-electron chi connectivity index (χ1n) is 3.92.